The van der Waals surface area contributed by atoms with E-state index in [0.717, 1.165) is 5.56 Å². The van der Waals surface area contributed by atoms with E-state index in [-0.39, 0.29) is 12.1 Å². The van der Waals surface area contributed by atoms with Gasteiger partial charge in [0.1, 0.15) is 0 Å². The number of halogens is 1. The first-order chi connectivity index (χ1) is 11.9. The lowest BCUT2D eigenvalue weighted by atomic mass is 10.2. The maximum Gasteiger partial charge on any atom is 0.262 e. The number of nitrogens with zero attached hydrogens (tertiary/aromatic N) is 2. The number of aryl methyl sites for hydroxylation is 1. The van der Waals surface area contributed by atoms with Crippen LogP contribution in [0.4, 0.5) is 0 Å². The van der Waals surface area contributed by atoms with E-state index in [4.69, 9.17) is 11.6 Å². The van der Waals surface area contributed by atoms with Gasteiger partial charge in [0.15, 0.2) is 5.16 Å². The van der Waals surface area contributed by atoms with Gasteiger partial charge in [0, 0.05) is 10.8 Å². The maximum atomic E-state index is 12.8. The zero-order valence-electron chi connectivity index (χ0n) is 14.1. The Balaban J connectivity index is 2.01. The van der Waals surface area contributed by atoms with E-state index in [1.54, 1.807) is 29.7 Å². The minimum atomic E-state index is -0.636. The smallest absolute Gasteiger partial charge is 0.262 e. The van der Waals surface area contributed by atoms with Crippen LogP contribution in [0.15, 0.2) is 52.4 Å². The molecule has 3 rings (SSSR count). The molecule has 0 fully saturated rings. The molecule has 1 atom stereocenters. The molecule has 0 bridgehead atoms. The molecule has 0 radical (unpaired) electrons. The fourth-order valence-electron chi connectivity index (χ4n) is 2.54. The average Bonchev–Trinajstić information content (AvgIpc) is 2.57. The van der Waals surface area contributed by atoms with Crippen LogP contribution < -0.4 is 5.56 Å². The fraction of sp³-hybridized carbons (Fsp3) is 0.263. The van der Waals surface area contributed by atoms with Crippen molar-refractivity contribution in [3.8, 4) is 0 Å². The zero-order valence-corrected chi connectivity index (χ0v) is 15.6. The second-order valence-corrected chi connectivity index (χ2v) is 7.47. The summed E-state index contributed by atoms with van der Waals surface area (Å²) in [5.74, 6) is 0.693. The van der Waals surface area contributed by atoms with Gasteiger partial charge >= 0.3 is 0 Å². The molecule has 0 aliphatic carbocycles. The Morgan fingerprint density at radius 2 is 1.96 bits per heavy atom. The molecular weight excluding hydrogens is 356 g/mol. The van der Waals surface area contributed by atoms with Gasteiger partial charge in [0.05, 0.1) is 23.6 Å². The minimum Gasteiger partial charge on any atom is -0.392 e. The van der Waals surface area contributed by atoms with Crippen molar-refractivity contribution in [2.45, 2.75) is 37.4 Å². The third-order valence-electron chi connectivity index (χ3n) is 3.82. The summed E-state index contributed by atoms with van der Waals surface area (Å²) in [4.78, 5) is 17.4. The quantitative estimate of drug-likeness (QED) is 0.541. The third-order valence-corrected chi connectivity index (χ3v) is 5.10. The molecule has 25 heavy (non-hydrogen) atoms. The van der Waals surface area contributed by atoms with Crippen molar-refractivity contribution < 1.29 is 5.11 Å². The Labute approximate surface area is 155 Å². The van der Waals surface area contributed by atoms with Crippen LogP contribution in [0.1, 0.15) is 18.1 Å². The van der Waals surface area contributed by atoms with Crippen LogP contribution >= 0.6 is 23.4 Å². The van der Waals surface area contributed by atoms with E-state index in [9.17, 15) is 9.90 Å². The number of rotatable bonds is 5. The van der Waals surface area contributed by atoms with Gasteiger partial charge in [-0.2, -0.15) is 0 Å². The van der Waals surface area contributed by atoms with Crippen molar-refractivity contribution in [3.05, 3.63) is 69.0 Å². The number of fused-ring (bicyclic) bond motifs is 1. The highest BCUT2D eigenvalue weighted by Crippen LogP contribution is 2.24. The maximum absolute atomic E-state index is 12.8. The summed E-state index contributed by atoms with van der Waals surface area (Å²) >= 11 is 7.52. The van der Waals surface area contributed by atoms with Crippen LogP contribution in [0, 0.1) is 6.92 Å². The zero-order chi connectivity index (χ0) is 18.0. The van der Waals surface area contributed by atoms with Crippen molar-refractivity contribution in [1.29, 1.82) is 0 Å². The predicted molar refractivity (Wildman–Crippen MR) is 103 cm³/mol. The highest BCUT2D eigenvalue weighted by atomic mass is 35.5. The van der Waals surface area contributed by atoms with E-state index < -0.39 is 6.10 Å². The fourth-order valence-corrected chi connectivity index (χ4v) is 3.67. The van der Waals surface area contributed by atoms with Gasteiger partial charge in [0.2, 0.25) is 0 Å². The number of aliphatic hydroxyl groups is 1. The summed E-state index contributed by atoms with van der Waals surface area (Å²) in [5.41, 5.74) is 2.78. The van der Waals surface area contributed by atoms with Gasteiger partial charge in [0.25, 0.3) is 5.56 Å². The normalized spacial score (nSPS) is 12.5. The largest absolute Gasteiger partial charge is 0.392 e. The van der Waals surface area contributed by atoms with Gasteiger partial charge in [-0.25, -0.2) is 4.98 Å². The first kappa shape index (κ1) is 18.0. The van der Waals surface area contributed by atoms with Crippen molar-refractivity contribution in [1.82, 2.24) is 9.55 Å². The SMILES string of the molecule is Cc1ccc(CSc2nc3cc(Cl)ccc3c(=O)n2C[C@@H](C)O)cc1. The third kappa shape index (κ3) is 4.24. The van der Waals surface area contributed by atoms with Crippen molar-refractivity contribution in [3.63, 3.8) is 0 Å². The molecule has 3 aromatic rings. The molecule has 0 saturated heterocycles. The summed E-state index contributed by atoms with van der Waals surface area (Å²) in [5, 5.41) is 11.4. The van der Waals surface area contributed by atoms with Gasteiger partial charge in [-0.3, -0.25) is 9.36 Å². The molecule has 6 heteroatoms. The Kier molecular flexibility index (Phi) is 5.47. The van der Waals surface area contributed by atoms with Crippen molar-refractivity contribution >= 4 is 34.3 Å². The highest BCUT2D eigenvalue weighted by Gasteiger charge is 2.14. The van der Waals surface area contributed by atoms with Crippen LogP contribution in [-0.4, -0.2) is 20.8 Å². The van der Waals surface area contributed by atoms with E-state index in [1.807, 2.05) is 6.92 Å². The predicted octanol–water partition coefficient (Wildman–Crippen LogP) is 4.03. The van der Waals surface area contributed by atoms with E-state index in [2.05, 4.69) is 29.2 Å². The van der Waals surface area contributed by atoms with E-state index >= 15 is 0 Å². The van der Waals surface area contributed by atoms with E-state index in [1.165, 1.54) is 17.3 Å². The number of thioether (sulfide) groups is 1. The monoisotopic (exact) mass is 374 g/mol. The van der Waals surface area contributed by atoms with E-state index in [0.29, 0.717) is 26.8 Å². The van der Waals surface area contributed by atoms with Crippen LogP contribution in [0.25, 0.3) is 10.9 Å². The number of hydrogen-bond donors (Lipinski definition) is 1. The van der Waals surface area contributed by atoms with Crippen LogP contribution in [0.3, 0.4) is 0 Å². The lowest BCUT2D eigenvalue weighted by molar-refractivity contribution is 0.168. The summed E-state index contributed by atoms with van der Waals surface area (Å²) in [6, 6.07) is 13.3. The first-order valence-corrected chi connectivity index (χ1v) is 9.37. The standard InChI is InChI=1S/C19H19ClN2O2S/c1-12-3-5-14(6-4-12)11-25-19-21-17-9-15(20)7-8-16(17)18(24)22(19)10-13(2)23/h3-9,13,23H,10-11H2,1-2H3/t13-/m1/s1. The molecule has 0 unspecified atom stereocenters. The van der Waals surface area contributed by atoms with Crippen molar-refractivity contribution in [2.75, 3.05) is 0 Å². The molecule has 0 aliphatic heterocycles. The lowest BCUT2D eigenvalue weighted by Gasteiger charge is -2.14. The van der Waals surface area contributed by atoms with Gasteiger partial charge in [-0.15, -0.1) is 0 Å². The molecule has 1 N–H and O–H groups in total. The number of benzene rings is 2. The van der Waals surface area contributed by atoms with Crippen molar-refractivity contribution in [2.24, 2.45) is 0 Å². The number of hydrogen-bond acceptors (Lipinski definition) is 4. The van der Waals surface area contributed by atoms with Crippen LogP contribution in [0.5, 0.6) is 0 Å². The number of aliphatic hydroxyl groups excluding tert-OH is 1. The minimum absolute atomic E-state index is 0.158. The Morgan fingerprint density at radius 3 is 2.64 bits per heavy atom. The second-order valence-electron chi connectivity index (χ2n) is 6.09. The molecule has 0 spiro atoms. The molecule has 0 amide bonds. The summed E-state index contributed by atoms with van der Waals surface area (Å²) in [7, 11) is 0. The molecule has 130 valence electrons. The molecule has 0 saturated carbocycles. The van der Waals surface area contributed by atoms with Crippen LogP contribution in [-0.2, 0) is 12.3 Å². The molecule has 2 aromatic carbocycles. The number of aromatic nitrogens is 2. The Hall–Kier alpha value is -1.82. The Bertz CT molecular complexity index is 952. The summed E-state index contributed by atoms with van der Waals surface area (Å²) in [6.45, 7) is 3.92. The highest BCUT2D eigenvalue weighted by molar-refractivity contribution is 7.98. The van der Waals surface area contributed by atoms with Gasteiger partial charge in [-0.1, -0.05) is 53.2 Å². The topological polar surface area (TPSA) is 55.1 Å². The molecule has 1 aromatic heterocycles. The van der Waals surface area contributed by atoms with Gasteiger partial charge in [-0.05, 0) is 37.6 Å². The molecular formula is C19H19ClN2O2S. The van der Waals surface area contributed by atoms with Gasteiger partial charge < -0.3 is 5.11 Å². The van der Waals surface area contributed by atoms with Crippen LogP contribution in [0.2, 0.25) is 5.02 Å². The Morgan fingerprint density at radius 1 is 1.24 bits per heavy atom. The second kappa shape index (κ2) is 7.60. The molecule has 4 nitrogen and oxygen atoms in total. The first-order valence-electron chi connectivity index (χ1n) is 8.00. The molecule has 0 aliphatic rings. The average molecular weight is 375 g/mol. The summed E-state index contributed by atoms with van der Waals surface area (Å²) < 4.78 is 1.54. The summed E-state index contributed by atoms with van der Waals surface area (Å²) in [6.07, 6.45) is -0.636. The molecule has 1 heterocycles. The lowest BCUT2D eigenvalue weighted by Crippen LogP contribution is -2.27.